The molecule has 0 saturated carbocycles. The van der Waals surface area contributed by atoms with Crippen molar-refractivity contribution >= 4 is 21.0 Å². The van der Waals surface area contributed by atoms with Crippen LogP contribution in [0.2, 0.25) is 0 Å². The van der Waals surface area contributed by atoms with Gasteiger partial charge in [0.05, 0.1) is 23.9 Å². The predicted molar refractivity (Wildman–Crippen MR) is 145 cm³/mol. The van der Waals surface area contributed by atoms with Crippen molar-refractivity contribution in [3.63, 3.8) is 0 Å². The van der Waals surface area contributed by atoms with Gasteiger partial charge < -0.3 is 18.8 Å². The number of hydrogen-bond donors (Lipinski definition) is 0. The van der Waals surface area contributed by atoms with Gasteiger partial charge in [-0.1, -0.05) is 18.2 Å². The normalized spacial score (nSPS) is 20.1. The van der Waals surface area contributed by atoms with Crippen molar-refractivity contribution in [3.05, 3.63) is 84.4 Å². The third kappa shape index (κ3) is 7.21. The molecule has 0 aliphatic carbocycles. The molecule has 0 aromatic heterocycles. The predicted octanol–water partition coefficient (Wildman–Crippen LogP) is 7.45. The van der Waals surface area contributed by atoms with Gasteiger partial charge >= 0.3 is 28.9 Å². The van der Waals surface area contributed by atoms with Gasteiger partial charge in [-0.2, -0.15) is 43.9 Å². The van der Waals surface area contributed by atoms with Crippen molar-refractivity contribution in [2.45, 2.75) is 62.8 Å². The van der Waals surface area contributed by atoms with Gasteiger partial charge in [0.25, 0.3) is 0 Å². The number of halogens is 10. The molecule has 0 radical (unpaired) electrons. The van der Waals surface area contributed by atoms with Crippen molar-refractivity contribution in [2.24, 2.45) is 0 Å². The zero-order valence-corrected chi connectivity index (χ0v) is 25.5. The van der Waals surface area contributed by atoms with Crippen LogP contribution in [0.25, 0.3) is 0 Å². The fraction of sp³-hybridized carbons (Fsp3) is 0.379. The van der Waals surface area contributed by atoms with Gasteiger partial charge in [0.15, 0.2) is 30.6 Å². The first kappa shape index (κ1) is 36.8. The van der Waals surface area contributed by atoms with E-state index in [0.29, 0.717) is 9.79 Å². The molecule has 18 heteroatoms. The molecule has 1 unspecified atom stereocenters. The van der Waals surface area contributed by atoms with Crippen molar-refractivity contribution in [3.8, 4) is 5.75 Å². The molecule has 6 nitrogen and oxygen atoms in total. The SMILES string of the molecule is CC1(c2ccc([S+](c3ccccc3)c3ccc(OCCC(F)(F)C(F)(F)S(=O)(=O)[O-])cc3)cc2)OCC(F)(F)C(F)(F)C(F)(F)CO1. The highest BCUT2D eigenvalue weighted by Crippen LogP contribution is 2.49. The fourth-order valence-electron chi connectivity index (χ4n) is 4.27. The summed E-state index contributed by atoms with van der Waals surface area (Å²) >= 11 is 0. The minimum absolute atomic E-state index is 0.0365. The molecule has 258 valence electrons. The molecular formula is C29H24F10O6S2. The molecule has 1 heterocycles. The quantitative estimate of drug-likeness (QED) is 0.123. The average molecular weight is 723 g/mol. The van der Waals surface area contributed by atoms with Crippen molar-refractivity contribution in [1.82, 2.24) is 0 Å². The number of benzene rings is 3. The number of hydrogen-bond acceptors (Lipinski definition) is 6. The molecule has 4 rings (SSSR count). The standard InChI is InChI=1S/C29H24F10O6S2/c1-24(44-17-26(32,33)28(36,37)27(34,35)18-45-24)19-7-11-22(12-8-19)46(21-5-3-2-4-6-21)23-13-9-20(10-14-23)43-16-15-25(30,31)29(38,39)47(40,41)42/h2-14H,15-18H2,1H3. The maximum Gasteiger partial charge on any atom is 0.396 e. The first-order valence-corrected chi connectivity index (χ1v) is 15.9. The topological polar surface area (TPSA) is 84.9 Å². The average Bonchev–Trinajstić information content (AvgIpc) is 3.00. The van der Waals surface area contributed by atoms with Crippen molar-refractivity contribution < 1.29 is 71.1 Å². The molecule has 1 atom stereocenters. The lowest BCUT2D eigenvalue weighted by molar-refractivity contribution is -0.387. The maximum atomic E-state index is 14.0. The maximum absolute atomic E-state index is 14.0. The number of rotatable bonds is 10. The minimum atomic E-state index is -6.64. The molecule has 47 heavy (non-hydrogen) atoms. The molecular weight excluding hydrogens is 698 g/mol. The molecule has 0 spiro atoms. The Hall–Kier alpha value is -3.06. The van der Waals surface area contributed by atoms with Gasteiger partial charge in [-0.15, -0.1) is 0 Å². The van der Waals surface area contributed by atoms with E-state index in [1.807, 2.05) is 0 Å². The van der Waals surface area contributed by atoms with Crippen LogP contribution in [0.4, 0.5) is 43.9 Å². The van der Waals surface area contributed by atoms with Crippen LogP contribution in [0.5, 0.6) is 5.75 Å². The molecule has 1 aliphatic heterocycles. The Bertz CT molecular complexity index is 1620. The van der Waals surface area contributed by atoms with Crippen LogP contribution < -0.4 is 4.74 Å². The second-order valence-corrected chi connectivity index (χ2v) is 13.8. The summed E-state index contributed by atoms with van der Waals surface area (Å²) in [5, 5.41) is -5.84. The Kier molecular flexibility index (Phi) is 9.98. The van der Waals surface area contributed by atoms with E-state index in [9.17, 15) is 56.9 Å². The summed E-state index contributed by atoms with van der Waals surface area (Å²) in [4.78, 5) is 1.91. The summed E-state index contributed by atoms with van der Waals surface area (Å²) in [6.45, 7) is -4.16. The first-order chi connectivity index (χ1) is 21.5. The summed E-state index contributed by atoms with van der Waals surface area (Å²) in [5.41, 5.74) is -0.0365. The lowest BCUT2D eigenvalue weighted by Gasteiger charge is -2.40. The smallest absolute Gasteiger partial charge is 0.396 e. The Morgan fingerprint density at radius 1 is 0.766 bits per heavy atom. The number of alkyl halides is 10. The fourth-order valence-corrected chi connectivity index (χ4v) is 6.80. The van der Waals surface area contributed by atoms with Crippen LogP contribution in [0, 0.1) is 0 Å². The van der Waals surface area contributed by atoms with E-state index in [1.165, 1.54) is 48.5 Å². The third-order valence-corrected chi connectivity index (χ3v) is 10.2. The molecule has 3 aromatic carbocycles. The van der Waals surface area contributed by atoms with Crippen LogP contribution in [0.15, 0.2) is 93.5 Å². The van der Waals surface area contributed by atoms with Gasteiger partial charge in [-0.05, 0) is 67.6 Å². The lowest BCUT2D eigenvalue weighted by atomic mass is 10.0. The second-order valence-electron chi connectivity index (χ2n) is 10.4. The Morgan fingerprint density at radius 2 is 1.21 bits per heavy atom. The monoisotopic (exact) mass is 722 g/mol. The second kappa shape index (κ2) is 12.8. The first-order valence-electron chi connectivity index (χ1n) is 13.3. The van der Waals surface area contributed by atoms with Gasteiger partial charge in [-0.25, -0.2) is 8.42 Å². The zero-order chi connectivity index (χ0) is 35.1. The largest absolute Gasteiger partial charge is 0.743 e. The van der Waals surface area contributed by atoms with Crippen LogP contribution in [0.1, 0.15) is 18.9 Å². The summed E-state index contributed by atoms with van der Waals surface area (Å²) in [6.07, 6.45) is -1.78. The van der Waals surface area contributed by atoms with E-state index < -0.39 is 82.0 Å². The summed E-state index contributed by atoms with van der Waals surface area (Å²) < 4.78 is 185. The highest BCUT2D eigenvalue weighted by atomic mass is 32.2. The summed E-state index contributed by atoms with van der Waals surface area (Å²) in [7, 11) is -7.57. The van der Waals surface area contributed by atoms with Gasteiger partial charge in [0.1, 0.15) is 19.0 Å². The lowest BCUT2D eigenvalue weighted by Crippen LogP contribution is -2.61. The Balaban J connectivity index is 1.56. The molecule has 0 amide bonds. The van der Waals surface area contributed by atoms with E-state index in [-0.39, 0.29) is 11.3 Å². The Morgan fingerprint density at radius 3 is 1.68 bits per heavy atom. The molecule has 1 aliphatic rings. The summed E-state index contributed by atoms with van der Waals surface area (Å²) in [5.74, 6) is -23.7. The van der Waals surface area contributed by atoms with E-state index in [2.05, 4.69) is 0 Å². The molecule has 0 bridgehead atoms. The molecule has 1 fully saturated rings. The Labute approximate surface area is 264 Å². The van der Waals surface area contributed by atoms with Gasteiger partial charge in [0.2, 0.25) is 0 Å². The highest BCUT2D eigenvalue weighted by molar-refractivity contribution is 7.97. The number of ether oxygens (including phenoxy) is 3. The molecule has 0 N–H and O–H groups in total. The van der Waals surface area contributed by atoms with E-state index in [4.69, 9.17) is 14.2 Å². The molecule has 3 aromatic rings. The van der Waals surface area contributed by atoms with Crippen LogP contribution in [-0.4, -0.2) is 61.7 Å². The van der Waals surface area contributed by atoms with E-state index in [0.717, 1.165) is 11.8 Å². The van der Waals surface area contributed by atoms with Gasteiger partial charge in [0, 0.05) is 5.56 Å². The van der Waals surface area contributed by atoms with Crippen LogP contribution in [0.3, 0.4) is 0 Å². The zero-order valence-electron chi connectivity index (χ0n) is 23.9. The van der Waals surface area contributed by atoms with Gasteiger partial charge in [-0.3, -0.25) is 0 Å². The summed E-state index contributed by atoms with van der Waals surface area (Å²) in [6, 6.07) is 20.0. The van der Waals surface area contributed by atoms with E-state index >= 15 is 0 Å². The van der Waals surface area contributed by atoms with Crippen molar-refractivity contribution in [2.75, 3.05) is 19.8 Å². The van der Waals surface area contributed by atoms with E-state index in [1.54, 1.807) is 30.3 Å². The molecule has 1 saturated heterocycles. The highest BCUT2D eigenvalue weighted by Gasteiger charge is 2.73. The van der Waals surface area contributed by atoms with Crippen LogP contribution >= 0.6 is 0 Å². The third-order valence-electron chi connectivity index (χ3n) is 7.05. The minimum Gasteiger partial charge on any atom is -0.743 e. The van der Waals surface area contributed by atoms with Crippen molar-refractivity contribution in [1.29, 1.82) is 0 Å². The van der Waals surface area contributed by atoms with Crippen LogP contribution in [-0.2, 0) is 36.3 Å².